The van der Waals surface area contributed by atoms with E-state index in [4.69, 9.17) is 0 Å². The Bertz CT molecular complexity index is 851. The number of anilines is 1. The minimum absolute atomic E-state index is 0.289. The van der Waals surface area contributed by atoms with Crippen LogP contribution >= 0.6 is 0 Å². The van der Waals surface area contributed by atoms with E-state index in [1.165, 1.54) is 14.1 Å². The number of hydrogen-bond acceptors (Lipinski definition) is 3. The average molecular weight is 390 g/mol. The summed E-state index contributed by atoms with van der Waals surface area (Å²) in [6.07, 6.45) is 0.644. The lowest BCUT2D eigenvalue weighted by Crippen LogP contribution is -2.51. The number of nitrogens with one attached hydrogen (secondary N) is 1. The van der Waals surface area contributed by atoms with Crippen molar-refractivity contribution in [3.63, 3.8) is 0 Å². The largest absolute Gasteiger partial charge is 0.349 e. The van der Waals surface area contributed by atoms with Crippen molar-refractivity contribution < 1.29 is 13.2 Å². The number of carbonyl (C=O) groups excluding carboxylic acids is 1. The van der Waals surface area contributed by atoms with Crippen molar-refractivity contribution in [2.45, 2.75) is 25.8 Å². The normalized spacial score (nSPS) is 12.0. The van der Waals surface area contributed by atoms with Crippen LogP contribution in [-0.2, 0) is 21.4 Å². The van der Waals surface area contributed by atoms with Crippen LogP contribution in [0.25, 0.3) is 0 Å². The number of para-hydroxylation sites is 1. The molecule has 0 aliphatic carbocycles. The van der Waals surface area contributed by atoms with E-state index in [0.29, 0.717) is 12.1 Å². The quantitative estimate of drug-likeness (QED) is 0.754. The second-order valence-electron chi connectivity index (χ2n) is 7.23. The fourth-order valence-electron chi connectivity index (χ4n) is 2.80. The van der Waals surface area contributed by atoms with Gasteiger partial charge in [0.1, 0.15) is 6.54 Å². The molecule has 0 aliphatic rings. The van der Waals surface area contributed by atoms with Crippen molar-refractivity contribution in [2.75, 3.05) is 24.9 Å². The molecule has 6 nitrogen and oxygen atoms in total. The third-order valence-corrected chi connectivity index (χ3v) is 5.86. The van der Waals surface area contributed by atoms with E-state index in [1.54, 1.807) is 30.3 Å². The van der Waals surface area contributed by atoms with Crippen LogP contribution in [-0.4, -0.2) is 44.8 Å². The van der Waals surface area contributed by atoms with Gasteiger partial charge in [-0.15, -0.1) is 0 Å². The lowest BCUT2D eigenvalue weighted by molar-refractivity contribution is -0.121. The van der Waals surface area contributed by atoms with Gasteiger partial charge in [0.05, 0.1) is 5.69 Å². The van der Waals surface area contributed by atoms with Gasteiger partial charge in [0.2, 0.25) is 5.91 Å². The molecule has 27 heavy (non-hydrogen) atoms. The van der Waals surface area contributed by atoms with Gasteiger partial charge in [0.25, 0.3) is 0 Å². The molecule has 0 radical (unpaired) electrons. The smallest absolute Gasteiger partial charge is 0.304 e. The Labute approximate surface area is 162 Å². The maximum absolute atomic E-state index is 12.7. The van der Waals surface area contributed by atoms with Crippen LogP contribution in [0, 0.1) is 0 Å². The topological polar surface area (TPSA) is 69.7 Å². The molecule has 1 N–H and O–H groups in total. The number of hydrogen-bond donors (Lipinski definition) is 1. The van der Waals surface area contributed by atoms with Crippen LogP contribution in [0.15, 0.2) is 60.7 Å². The molecule has 0 saturated heterocycles. The number of carbonyl (C=O) groups is 1. The molecule has 7 heteroatoms. The third kappa shape index (κ3) is 5.80. The number of amides is 1. The van der Waals surface area contributed by atoms with Crippen molar-refractivity contribution >= 4 is 21.8 Å². The number of rotatable bonds is 8. The summed E-state index contributed by atoms with van der Waals surface area (Å²) in [6.45, 7) is 3.55. The first-order valence-electron chi connectivity index (χ1n) is 8.72. The number of benzene rings is 2. The van der Waals surface area contributed by atoms with Crippen LogP contribution < -0.4 is 9.62 Å². The van der Waals surface area contributed by atoms with Gasteiger partial charge in [0, 0.05) is 19.6 Å². The molecule has 0 bridgehead atoms. The maximum Gasteiger partial charge on any atom is 0.304 e. The van der Waals surface area contributed by atoms with Crippen molar-refractivity contribution in [1.29, 1.82) is 0 Å². The predicted molar refractivity (Wildman–Crippen MR) is 109 cm³/mol. The van der Waals surface area contributed by atoms with Crippen molar-refractivity contribution in [2.24, 2.45) is 0 Å². The fraction of sp³-hybridized carbons (Fsp3) is 0.350. The minimum atomic E-state index is -3.80. The highest BCUT2D eigenvalue weighted by molar-refractivity contribution is 7.90. The molecule has 0 aromatic heterocycles. The molecule has 2 aromatic carbocycles. The van der Waals surface area contributed by atoms with Crippen molar-refractivity contribution in [3.05, 3.63) is 66.2 Å². The highest BCUT2D eigenvalue weighted by Crippen LogP contribution is 2.19. The van der Waals surface area contributed by atoms with E-state index in [0.717, 1.165) is 14.2 Å². The van der Waals surface area contributed by atoms with Gasteiger partial charge in [0.15, 0.2) is 0 Å². The highest BCUT2D eigenvalue weighted by Gasteiger charge is 2.29. The van der Waals surface area contributed by atoms with Gasteiger partial charge in [-0.25, -0.2) is 4.31 Å². The molecule has 0 spiro atoms. The summed E-state index contributed by atoms with van der Waals surface area (Å²) in [5.41, 5.74) is 1.04. The third-order valence-electron chi connectivity index (χ3n) is 4.04. The second kappa shape index (κ2) is 8.54. The Morgan fingerprint density at radius 3 is 2.00 bits per heavy atom. The van der Waals surface area contributed by atoms with E-state index in [2.05, 4.69) is 5.32 Å². The Morgan fingerprint density at radius 1 is 0.963 bits per heavy atom. The SMILES string of the molecule is CN(C)S(=O)(=O)N(CC(=O)NC(C)(C)Cc1ccccc1)c1ccccc1. The zero-order valence-electron chi connectivity index (χ0n) is 16.2. The molecule has 0 heterocycles. The van der Waals surface area contributed by atoms with Gasteiger partial charge in [-0.1, -0.05) is 48.5 Å². The summed E-state index contributed by atoms with van der Waals surface area (Å²) < 4.78 is 27.6. The van der Waals surface area contributed by atoms with E-state index in [9.17, 15) is 13.2 Å². The first-order valence-corrected chi connectivity index (χ1v) is 10.1. The summed E-state index contributed by atoms with van der Waals surface area (Å²) >= 11 is 0. The molecule has 2 aromatic rings. The summed E-state index contributed by atoms with van der Waals surface area (Å²) in [7, 11) is -0.902. The fourth-order valence-corrected chi connectivity index (χ4v) is 3.86. The predicted octanol–water partition coefficient (Wildman–Crippen LogP) is 2.44. The van der Waals surface area contributed by atoms with Crippen LogP contribution in [0.5, 0.6) is 0 Å². The molecule has 0 aliphatic heterocycles. The van der Waals surface area contributed by atoms with E-state index in [1.807, 2.05) is 44.2 Å². The van der Waals surface area contributed by atoms with Gasteiger partial charge in [-0.3, -0.25) is 4.79 Å². The van der Waals surface area contributed by atoms with Gasteiger partial charge in [-0.2, -0.15) is 12.7 Å². The summed E-state index contributed by atoms with van der Waals surface area (Å²) in [5, 5.41) is 2.95. The Hall–Kier alpha value is -2.38. The van der Waals surface area contributed by atoms with Crippen molar-refractivity contribution in [1.82, 2.24) is 9.62 Å². The minimum Gasteiger partial charge on any atom is -0.349 e. The monoisotopic (exact) mass is 389 g/mol. The standard InChI is InChI=1S/C20H27N3O3S/c1-20(2,15-17-11-7-5-8-12-17)21-19(24)16-23(27(25,26)22(3)4)18-13-9-6-10-14-18/h5-14H,15-16H2,1-4H3,(H,21,24). The Kier molecular flexibility index (Phi) is 6.62. The van der Waals surface area contributed by atoms with Gasteiger partial charge >= 0.3 is 10.2 Å². The van der Waals surface area contributed by atoms with Crippen LogP contribution in [0.1, 0.15) is 19.4 Å². The molecular formula is C20H27N3O3S. The van der Waals surface area contributed by atoms with Crippen LogP contribution in [0.3, 0.4) is 0 Å². The first-order chi connectivity index (χ1) is 12.6. The molecule has 0 atom stereocenters. The molecule has 0 saturated carbocycles. The Balaban J connectivity index is 2.16. The number of nitrogens with zero attached hydrogens (tertiary/aromatic N) is 2. The highest BCUT2D eigenvalue weighted by atomic mass is 32.2. The van der Waals surface area contributed by atoms with Gasteiger partial charge < -0.3 is 5.32 Å². The lowest BCUT2D eigenvalue weighted by atomic mass is 9.95. The van der Waals surface area contributed by atoms with Crippen LogP contribution in [0.2, 0.25) is 0 Å². The summed E-state index contributed by atoms with van der Waals surface area (Å²) in [5.74, 6) is -0.356. The molecule has 0 fully saturated rings. The van der Waals surface area contributed by atoms with E-state index in [-0.39, 0.29) is 12.5 Å². The molecule has 0 unspecified atom stereocenters. The van der Waals surface area contributed by atoms with Crippen LogP contribution in [0.4, 0.5) is 5.69 Å². The maximum atomic E-state index is 12.7. The molecule has 1 amide bonds. The molecule has 2 rings (SSSR count). The zero-order chi connectivity index (χ0) is 20.1. The first kappa shape index (κ1) is 20.9. The zero-order valence-corrected chi connectivity index (χ0v) is 17.0. The van der Waals surface area contributed by atoms with Crippen molar-refractivity contribution in [3.8, 4) is 0 Å². The summed E-state index contributed by atoms with van der Waals surface area (Å²) in [6, 6.07) is 18.5. The summed E-state index contributed by atoms with van der Waals surface area (Å²) in [4.78, 5) is 12.7. The lowest BCUT2D eigenvalue weighted by Gasteiger charge is -2.30. The Morgan fingerprint density at radius 2 is 1.48 bits per heavy atom. The van der Waals surface area contributed by atoms with Gasteiger partial charge in [-0.05, 0) is 38.0 Å². The molecular weight excluding hydrogens is 362 g/mol. The van der Waals surface area contributed by atoms with E-state index < -0.39 is 15.7 Å². The molecule has 146 valence electrons. The average Bonchev–Trinajstić information content (AvgIpc) is 2.60. The second-order valence-corrected chi connectivity index (χ2v) is 9.29. The van der Waals surface area contributed by atoms with E-state index >= 15 is 0 Å².